The van der Waals surface area contributed by atoms with Crippen molar-refractivity contribution in [2.24, 2.45) is 5.92 Å². The minimum atomic E-state index is 0.532. The minimum absolute atomic E-state index is 0.532. The van der Waals surface area contributed by atoms with Crippen LogP contribution in [-0.2, 0) is 0 Å². The molecule has 1 aromatic rings. The van der Waals surface area contributed by atoms with Crippen molar-refractivity contribution in [3.8, 4) is 6.07 Å². The second-order valence-electron chi connectivity index (χ2n) is 5.63. The van der Waals surface area contributed by atoms with Gasteiger partial charge in [-0.15, -0.1) is 0 Å². The van der Waals surface area contributed by atoms with Gasteiger partial charge in [-0.05, 0) is 50.2 Å². The van der Waals surface area contributed by atoms with Crippen LogP contribution < -0.4 is 4.90 Å². The average molecular weight is 257 g/mol. The van der Waals surface area contributed by atoms with Gasteiger partial charge in [0.25, 0.3) is 0 Å². The summed E-state index contributed by atoms with van der Waals surface area (Å²) in [5.41, 5.74) is 1.74. The topological polar surface area (TPSA) is 39.9 Å². The van der Waals surface area contributed by atoms with Crippen molar-refractivity contribution in [3.05, 3.63) is 23.4 Å². The molecule has 1 heterocycles. The zero-order valence-corrected chi connectivity index (χ0v) is 12.2. The van der Waals surface area contributed by atoms with Crippen molar-refractivity contribution in [1.29, 1.82) is 5.26 Å². The van der Waals surface area contributed by atoms with Crippen LogP contribution in [0.5, 0.6) is 0 Å². The van der Waals surface area contributed by atoms with E-state index in [0.717, 1.165) is 22.9 Å². The fraction of sp³-hybridized carbons (Fsp3) is 0.625. The first-order valence-electron chi connectivity index (χ1n) is 7.25. The van der Waals surface area contributed by atoms with Crippen LogP contribution in [0, 0.1) is 24.2 Å². The third kappa shape index (κ3) is 2.89. The fourth-order valence-corrected chi connectivity index (χ4v) is 3.06. The van der Waals surface area contributed by atoms with Crippen LogP contribution in [0.3, 0.4) is 0 Å². The lowest BCUT2D eigenvalue weighted by Crippen LogP contribution is -2.36. The van der Waals surface area contributed by atoms with Gasteiger partial charge in [0.2, 0.25) is 0 Å². The molecule has 0 aromatic carbocycles. The lowest BCUT2D eigenvalue weighted by Gasteiger charge is -2.35. The van der Waals surface area contributed by atoms with Gasteiger partial charge in [-0.25, -0.2) is 4.98 Å². The first-order valence-corrected chi connectivity index (χ1v) is 7.25. The summed E-state index contributed by atoms with van der Waals surface area (Å²) >= 11 is 0. The maximum absolute atomic E-state index is 9.31. The predicted octanol–water partition coefficient (Wildman–Crippen LogP) is 3.67. The largest absolute Gasteiger partial charge is 0.356 e. The lowest BCUT2D eigenvalue weighted by molar-refractivity contribution is 0.313. The van der Waals surface area contributed by atoms with Gasteiger partial charge in [-0.1, -0.05) is 13.3 Å². The van der Waals surface area contributed by atoms with Crippen molar-refractivity contribution in [2.45, 2.75) is 52.0 Å². The molecule has 1 saturated carbocycles. The van der Waals surface area contributed by atoms with Crippen LogP contribution in [0.1, 0.15) is 50.2 Å². The van der Waals surface area contributed by atoms with E-state index in [1.807, 2.05) is 13.0 Å². The van der Waals surface area contributed by atoms with Gasteiger partial charge in [0.15, 0.2) is 0 Å². The third-order valence-electron chi connectivity index (χ3n) is 4.53. The molecule has 0 spiro atoms. The first kappa shape index (κ1) is 13.9. The summed E-state index contributed by atoms with van der Waals surface area (Å²) in [7, 11) is 2.08. The van der Waals surface area contributed by atoms with E-state index in [1.165, 1.54) is 32.1 Å². The number of aromatic nitrogens is 1. The highest BCUT2D eigenvalue weighted by molar-refractivity contribution is 5.57. The Hall–Kier alpha value is -1.56. The van der Waals surface area contributed by atoms with Crippen LogP contribution in [0.4, 0.5) is 5.82 Å². The molecule has 0 aliphatic heterocycles. The van der Waals surface area contributed by atoms with Crippen molar-refractivity contribution >= 4 is 5.82 Å². The number of nitriles is 1. The average Bonchev–Trinajstić information content (AvgIpc) is 2.46. The van der Waals surface area contributed by atoms with Gasteiger partial charge in [-0.2, -0.15) is 5.26 Å². The van der Waals surface area contributed by atoms with Gasteiger partial charge in [0.1, 0.15) is 11.9 Å². The molecule has 1 fully saturated rings. The maximum Gasteiger partial charge on any atom is 0.146 e. The minimum Gasteiger partial charge on any atom is -0.356 e. The molecule has 2 rings (SSSR count). The van der Waals surface area contributed by atoms with Gasteiger partial charge in [0, 0.05) is 19.3 Å². The molecule has 0 radical (unpaired) electrons. The highest BCUT2D eigenvalue weighted by Gasteiger charge is 2.25. The second-order valence-corrected chi connectivity index (χ2v) is 5.63. The van der Waals surface area contributed by atoms with E-state index in [9.17, 15) is 5.26 Å². The number of hydrogen-bond donors (Lipinski definition) is 0. The molecule has 3 nitrogen and oxygen atoms in total. The molecule has 1 aliphatic rings. The van der Waals surface area contributed by atoms with E-state index in [1.54, 1.807) is 6.20 Å². The zero-order chi connectivity index (χ0) is 13.8. The molecule has 0 atom stereocenters. The first-order chi connectivity index (χ1) is 9.17. The fourth-order valence-electron chi connectivity index (χ4n) is 3.06. The molecule has 0 bridgehead atoms. The Morgan fingerprint density at radius 2 is 2.05 bits per heavy atom. The highest BCUT2D eigenvalue weighted by atomic mass is 15.2. The van der Waals surface area contributed by atoms with Crippen molar-refractivity contribution in [1.82, 2.24) is 4.98 Å². The van der Waals surface area contributed by atoms with Gasteiger partial charge < -0.3 is 4.90 Å². The van der Waals surface area contributed by atoms with Crippen LogP contribution in [0.15, 0.2) is 12.3 Å². The van der Waals surface area contributed by atoms with E-state index in [0.29, 0.717) is 6.04 Å². The summed E-state index contributed by atoms with van der Waals surface area (Å²) in [6, 6.07) is 4.74. The van der Waals surface area contributed by atoms with Gasteiger partial charge >= 0.3 is 0 Å². The number of hydrogen-bond acceptors (Lipinski definition) is 3. The van der Waals surface area contributed by atoms with E-state index < -0.39 is 0 Å². The second kappa shape index (κ2) is 6.06. The summed E-state index contributed by atoms with van der Waals surface area (Å²) in [5, 5.41) is 9.31. The molecule has 1 aliphatic carbocycles. The number of rotatable bonds is 3. The Bertz CT molecular complexity index is 467. The molecule has 0 amide bonds. The SMILES string of the molecule is CCC1CCC(N(C)c2nccc(C)c2C#N)CC1. The Labute approximate surface area is 116 Å². The van der Waals surface area contributed by atoms with Gasteiger partial charge in [-0.3, -0.25) is 0 Å². The normalized spacial score (nSPS) is 22.8. The number of pyridine rings is 1. The van der Waals surface area contributed by atoms with Crippen LogP contribution in [0.2, 0.25) is 0 Å². The summed E-state index contributed by atoms with van der Waals surface area (Å²) in [6.07, 6.45) is 8.14. The Balaban J connectivity index is 2.15. The number of nitrogens with zero attached hydrogens (tertiary/aromatic N) is 3. The highest BCUT2D eigenvalue weighted by Crippen LogP contribution is 2.31. The predicted molar refractivity (Wildman–Crippen MR) is 78.1 cm³/mol. The molecule has 0 N–H and O–H groups in total. The molecule has 19 heavy (non-hydrogen) atoms. The van der Waals surface area contributed by atoms with Crippen molar-refractivity contribution < 1.29 is 0 Å². The Kier molecular flexibility index (Phi) is 4.42. The smallest absolute Gasteiger partial charge is 0.146 e. The van der Waals surface area contributed by atoms with E-state index in [4.69, 9.17) is 0 Å². The summed E-state index contributed by atoms with van der Waals surface area (Å²) in [6.45, 7) is 4.26. The van der Waals surface area contributed by atoms with Crippen LogP contribution >= 0.6 is 0 Å². The standard InChI is InChI=1S/C16H23N3/c1-4-13-5-7-14(8-6-13)19(3)16-15(11-17)12(2)9-10-18-16/h9-10,13-14H,4-8H2,1-3H3. The summed E-state index contributed by atoms with van der Waals surface area (Å²) in [4.78, 5) is 6.65. The molecular weight excluding hydrogens is 234 g/mol. The molecule has 102 valence electrons. The third-order valence-corrected chi connectivity index (χ3v) is 4.53. The molecule has 1 aromatic heterocycles. The van der Waals surface area contributed by atoms with E-state index >= 15 is 0 Å². The zero-order valence-electron chi connectivity index (χ0n) is 12.2. The summed E-state index contributed by atoms with van der Waals surface area (Å²) in [5.74, 6) is 1.74. The molecule has 0 unspecified atom stereocenters. The van der Waals surface area contributed by atoms with E-state index in [2.05, 4.69) is 29.9 Å². The lowest BCUT2D eigenvalue weighted by atomic mass is 9.84. The maximum atomic E-state index is 9.31. The van der Waals surface area contributed by atoms with Crippen LogP contribution in [-0.4, -0.2) is 18.1 Å². The summed E-state index contributed by atoms with van der Waals surface area (Å²) < 4.78 is 0. The van der Waals surface area contributed by atoms with Crippen molar-refractivity contribution in [3.63, 3.8) is 0 Å². The quantitative estimate of drug-likeness (QED) is 0.829. The van der Waals surface area contributed by atoms with E-state index in [-0.39, 0.29) is 0 Å². The Morgan fingerprint density at radius 3 is 2.63 bits per heavy atom. The monoisotopic (exact) mass is 257 g/mol. The molecule has 0 saturated heterocycles. The molecule has 3 heteroatoms. The van der Waals surface area contributed by atoms with Crippen molar-refractivity contribution in [2.75, 3.05) is 11.9 Å². The number of anilines is 1. The van der Waals surface area contributed by atoms with Crippen LogP contribution in [0.25, 0.3) is 0 Å². The van der Waals surface area contributed by atoms with Gasteiger partial charge in [0.05, 0.1) is 5.56 Å². The molecular formula is C16H23N3. The Morgan fingerprint density at radius 1 is 1.37 bits per heavy atom. The number of aryl methyl sites for hydroxylation is 1.